The Balaban J connectivity index is 1.38. The average molecular weight is 485 g/mol. The van der Waals surface area contributed by atoms with Gasteiger partial charge in [0.05, 0.1) is 18.4 Å². The highest BCUT2D eigenvalue weighted by molar-refractivity contribution is 5.51. The van der Waals surface area contributed by atoms with Crippen molar-refractivity contribution in [3.63, 3.8) is 0 Å². The van der Waals surface area contributed by atoms with Gasteiger partial charge in [-0.05, 0) is 36.6 Å². The molecule has 1 aliphatic heterocycles. The third-order valence-electron chi connectivity index (χ3n) is 5.73. The van der Waals surface area contributed by atoms with Crippen LogP contribution in [0.1, 0.15) is 22.5 Å². The van der Waals surface area contributed by atoms with Crippen LogP contribution in [0.25, 0.3) is 0 Å². The molecule has 2 aromatic heterocycles. The monoisotopic (exact) mass is 484 g/mol. The number of nitrogens with one attached hydrogen (secondary N) is 2. The number of anilines is 2. The summed E-state index contributed by atoms with van der Waals surface area (Å²) in [5, 5.41) is 10.4. The second-order valence-electron chi connectivity index (χ2n) is 8.36. The molecule has 184 valence electrons. The van der Waals surface area contributed by atoms with E-state index in [1.165, 1.54) is 6.07 Å². The Morgan fingerprint density at radius 3 is 2.51 bits per heavy atom. The molecule has 35 heavy (non-hydrogen) atoms. The lowest BCUT2D eigenvalue weighted by molar-refractivity contribution is -0.138. The molecule has 3 aromatic rings. The second kappa shape index (κ2) is 10.8. The van der Waals surface area contributed by atoms with Gasteiger partial charge in [-0.2, -0.15) is 18.3 Å². The van der Waals surface area contributed by atoms with Crippen LogP contribution in [-0.2, 0) is 19.8 Å². The topological polar surface area (TPSA) is 74.1 Å². The molecule has 0 amide bonds. The first-order valence-corrected chi connectivity index (χ1v) is 11.2. The lowest BCUT2D eigenvalue weighted by Crippen LogP contribution is -2.44. The molecular weight excluding hydrogens is 457 g/mol. The van der Waals surface area contributed by atoms with E-state index in [1.807, 2.05) is 7.05 Å². The predicted octanol–water partition coefficient (Wildman–Crippen LogP) is 2.86. The number of halogens is 3. The zero-order valence-electron chi connectivity index (χ0n) is 19.6. The van der Waals surface area contributed by atoms with E-state index in [4.69, 9.17) is 0 Å². The predicted molar refractivity (Wildman–Crippen MR) is 128 cm³/mol. The van der Waals surface area contributed by atoms with Gasteiger partial charge in [0, 0.05) is 63.9 Å². The van der Waals surface area contributed by atoms with Gasteiger partial charge in [0.15, 0.2) is 5.82 Å². The van der Waals surface area contributed by atoms with Gasteiger partial charge >= 0.3 is 6.18 Å². The average Bonchev–Trinajstić information content (AvgIpc) is 3.19. The molecule has 0 bridgehead atoms. The highest BCUT2D eigenvalue weighted by Gasteiger charge is 2.34. The fraction of sp³-hybridized carbons (Fsp3) is 0.375. The summed E-state index contributed by atoms with van der Waals surface area (Å²) in [4.78, 5) is 12.3. The Hall–Kier alpha value is -3.62. The number of nitrogens with zero attached hydrogens (tertiary/aromatic N) is 6. The molecule has 2 N–H and O–H groups in total. The van der Waals surface area contributed by atoms with Crippen molar-refractivity contribution in [2.24, 2.45) is 7.05 Å². The van der Waals surface area contributed by atoms with E-state index in [1.54, 1.807) is 48.5 Å². The normalized spacial score (nSPS) is 14.9. The Kier molecular flexibility index (Phi) is 7.53. The molecule has 8 nitrogen and oxygen atoms in total. The summed E-state index contributed by atoms with van der Waals surface area (Å²) >= 11 is 0. The number of hydrogen-bond donors (Lipinski definition) is 2. The molecule has 1 aliphatic rings. The van der Waals surface area contributed by atoms with E-state index in [9.17, 15) is 13.2 Å². The number of aromatic nitrogens is 4. The lowest BCUT2D eigenvalue weighted by atomic mass is 10.0. The first-order chi connectivity index (χ1) is 16.8. The van der Waals surface area contributed by atoms with E-state index in [2.05, 4.69) is 47.3 Å². The van der Waals surface area contributed by atoms with Crippen LogP contribution >= 0.6 is 0 Å². The summed E-state index contributed by atoms with van der Waals surface area (Å²) in [6.07, 6.45) is 0.279. The highest BCUT2D eigenvalue weighted by Crippen LogP contribution is 2.34. The fourth-order valence-corrected chi connectivity index (χ4v) is 3.73. The standard InChI is InChI=1S/C24H27F3N8/c1-33-9-11-35(12-10-33)16-18-3-4-19(13-22(18)24(25,26)27)30-17-31-23-14-21(34(2)32-23)6-5-20-15-28-7-8-29-20/h3-4,7-8,13-15,30H,9-12,16-17H2,1-2H3,(H,31,32). The third kappa shape index (κ3) is 6.71. The zero-order chi connectivity index (χ0) is 24.8. The Morgan fingerprint density at radius 1 is 1.00 bits per heavy atom. The molecule has 3 heterocycles. The Morgan fingerprint density at radius 2 is 1.80 bits per heavy atom. The van der Waals surface area contributed by atoms with E-state index < -0.39 is 11.7 Å². The molecule has 0 radical (unpaired) electrons. The van der Waals surface area contributed by atoms with E-state index >= 15 is 0 Å². The quantitative estimate of drug-likeness (QED) is 0.412. The third-order valence-corrected chi connectivity index (χ3v) is 5.73. The van der Waals surface area contributed by atoms with Crippen LogP contribution in [0.4, 0.5) is 24.7 Å². The van der Waals surface area contributed by atoms with Crippen LogP contribution in [0.3, 0.4) is 0 Å². The minimum absolute atomic E-state index is 0.198. The van der Waals surface area contributed by atoms with Crippen molar-refractivity contribution >= 4 is 11.5 Å². The van der Waals surface area contributed by atoms with Crippen molar-refractivity contribution in [2.45, 2.75) is 12.7 Å². The van der Waals surface area contributed by atoms with Crippen molar-refractivity contribution in [3.8, 4) is 11.8 Å². The van der Waals surface area contributed by atoms with E-state index in [-0.39, 0.29) is 18.8 Å². The number of likely N-dealkylation sites (N-methyl/N-ethyl adjacent to an activating group) is 1. The second-order valence-corrected chi connectivity index (χ2v) is 8.36. The Labute approximate surface area is 202 Å². The highest BCUT2D eigenvalue weighted by atomic mass is 19.4. The molecule has 0 atom stereocenters. The summed E-state index contributed by atoms with van der Waals surface area (Å²) in [5.74, 6) is 6.44. The molecule has 0 unspecified atom stereocenters. The van der Waals surface area contributed by atoms with Gasteiger partial charge in [0.2, 0.25) is 0 Å². The van der Waals surface area contributed by atoms with Crippen molar-refractivity contribution in [1.29, 1.82) is 0 Å². The number of aryl methyl sites for hydroxylation is 1. The summed E-state index contributed by atoms with van der Waals surface area (Å²) in [6, 6.07) is 6.16. The zero-order valence-corrected chi connectivity index (χ0v) is 19.6. The smallest absolute Gasteiger partial charge is 0.368 e. The first-order valence-electron chi connectivity index (χ1n) is 11.2. The van der Waals surface area contributed by atoms with Gasteiger partial charge in [0.25, 0.3) is 0 Å². The summed E-state index contributed by atoms with van der Waals surface area (Å²) < 4.78 is 42.9. The van der Waals surface area contributed by atoms with Gasteiger partial charge in [-0.3, -0.25) is 14.6 Å². The number of benzene rings is 1. The van der Waals surface area contributed by atoms with Crippen molar-refractivity contribution in [3.05, 3.63) is 65.4 Å². The van der Waals surface area contributed by atoms with Gasteiger partial charge in [-0.25, -0.2) is 4.98 Å². The van der Waals surface area contributed by atoms with E-state index in [0.29, 0.717) is 22.9 Å². The van der Waals surface area contributed by atoms with Crippen LogP contribution in [0, 0.1) is 11.8 Å². The number of alkyl halides is 3. The maximum atomic E-state index is 13.8. The molecule has 1 saturated heterocycles. The molecule has 1 aromatic carbocycles. The first kappa shape index (κ1) is 24.5. The molecule has 0 spiro atoms. The van der Waals surface area contributed by atoms with Gasteiger partial charge in [-0.15, -0.1) is 0 Å². The number of rotatable bonds is 6. The molecule has 0 aliphatic carbocycles. The summed E-state index contributed by atoms with van der Waals surface area (Å²) in [6.45, 7) is 3.71. The van der Waals surface area contributed by atoms with Crippen LogP contribution in [0.2, 0.25) is 0 Å². The summed E-state index contributed by atoms with van der Waals surface area (Å²) in [5.41, 5.74) is 1.26. The minimum Gasteiger partial charge on any atom is -0.368 e. The minimum atomic E-state index is -4.43. The van der Waals surface area contributed by atoms with Gasteiger partial charge in [-0.1, -0.05) is 6.07 Å². The number of hydrogen-bond acceptors (Lipinski definition) is 7. The van der Waals surface area contributed by atoms with Gasteiger partial charge in [0.1, 0.15) is 11.4 Å². The number of piperazine rings is 1. The molecule has 0 saturated carbocycles. The lowest BCUT2D eigenvalue weighted by Gasteiger charge is -2.33. The molecular formula is C24H27F3N8. The largest absolute Gasteiger partial charge is 0.416 e. The van der Waals surface area contributed by atoms with Crippen LogP contribution in [0.5, 0.6) is 0 Å². The fourth-order valence-electron chi connectivity index (χ4n) is 3.73. The molecule has 1 fully saturated rings. The SMILES string of the molecule is CN1CCN(Cc2ccc(NCNc3cc(C#Cc4cnccn4)n(C)n3)cc2C(F)(F)F)CC1. The maximum absolute atomic E-state index is 13.8. The van der Waals surface area contributed by atoms with Crippen LogP contribution < -0.4 is 10.6 Å². The maximum Gasteiger partial charge on any atom is 0.416 e. The van der Waals surface area contributed by atoms with Crippen molar-refractivity contribution < 1.29 is 13.2 Å². The van der Waals surface area contributed by atoms with Crippen molar-refractivity contribution in [1.82, 2.24) is 29.5 Å². The summed E-state index contributed by atoms with van der Waals surface area (Å²) in [7, 11) is 3.78. The van der Waals surface area contributed by atoms with Crippen molar-refractivity contribution in [2.75, 3.05) is 50.5 Å². The van der Waals surface area contributed by atoms with Crippen LogP contribution in [0.15, 0.2) is 42.9 Å². The van der Waals surface area contributed by atoms with Crippen LogP contribution in [-0.4, -0.2) is 69.4 Å². The van der Waals surface area contributed by atoms with Gasteiger partial charge < -0.3 is 15.5 Å². The Bertz CT molecular complexity index is 1190. The molecule has 4 rings (SSSR count). The van der Waals surface area contributed by atoms with E-state index in [0.717, 1.165) is 26.2 Å². The molecule has 11 heteroatoms.